The van der Waals surface area contributed by atoms with Crippen LogP contribution in [-0.2, 0) is 5.72 Å². The molecule has 0 aromatic heterocycles. The Morgan fingerprint density at radius 2 is 1.78 bits per heavy atom. The van der Waals surface area contributed by atoms with Gasteiger partial charge in [-0.2, -0.15) is 0 Å². The Morgan fingerprint density at radius 3 is 2.52 bits per heavy atom. The molecule has 0 radical (unpaired) electrons. The molecule has 1 saturated heterocycles. The van der Waals surface area contributed by atoms with E-state index in [1.54, 1.807) is 30.3 Å². The standard InChI is InChI=1S/C16H11ClN2O4/c17-9-4-3-5-10(8-9)19-14(21)18-15(22)13(20)11-6-1-2-7-12(11)16(15,19)23/h1-8,22-23H,(H,18,21)/t15-,16-/m0/s1. The number of halogens is 1. The molecule has 0 saturated carbocycles. The minimum atomic E-state index is -2.45. The molecular formula is C16H11ClN2O4. The second-order valence-electron chi connectivity index (χ2n) is 5.50. The number of rotatable bonds is 1. The van der Waals surface area contributed by atoms with Gasteiger partial charge < -0.3 is 10.2 Å². The first-order valence-corrected chi connectivity index (χ1v) is 7.24. The van der Waals surface area contributed by atoms with Crippen molar-refractivity contribution in [1.82, 2.24) is 5.32 Å². The highest BCUT2D eigenvalue weighted by molar-refractivity contribution is 6.31. The minimum Gasteiger partial charge on any atom is -0.362 e. The first kappa shape index (κ1) is 14.2. The summed E-state index contributed by atoms with van der Waals surface area (Å²) in [7, 11) is 0. The van der Waals surface area contributed by atoms with Gasteiger partial charge in [0, 0.05) is 16.1 Å². The van der Waals surface area contributed by atoms with E-state index in [9.17, 15) is 19.8 Å². The number of amides is 2. The monoisotopic (exact) mass is 330 g/mol. The maximum atomic E-state index is 12.5. The van der Waals surface area contributed by atoms with Crippen LogP contribution in [-0.4, -0.2) is 27.8 Å². The summed E-state index contributed by atoms with van der Waals surface area (Å²) in [5, 5.41) is 24.5. The summed E-state index contributed by atoms with van der Waals surface area (Å²) >= 11 is 5.95. The molecule has 2 aromatic carbocycles. The lowest BCUT2D eigenvalue weighted by Gasteiger charge is -2.35. The quantitative estimate of drug-likeness (QED) is 0.741. The highest BCUT2D eigenvalue weighted by Crippen LogP contribution is 2.50. The average molecular weight is 331 g/mol. The molecule has 4 rings (SSSR count). The van der Waals surface area contributed by atoms with Crippen LogP contribution >= 0.6 is 11.6 Å². The summed E-state index contributed by atoms with van der Waals surface area (Å²) in [6.07, 6.45) is 0. The normalized spacial score (nSPS) is 28.6. The zero-order valence-corrected chi connectivity index (χ0v) is 12.4. The van der Waals surface area contributed by atoms with E-state index in [1.165, 1.54) is 18.2 Å². The van der Waals surface area contributed by atoms with Crippen molar-refractivity contribution in [2.45, 2.75) is 11.4 Å². The molecule has 1 aliphatic carbocycles. The number of nitrogens with zero attached hydrogens (tertiary/aromatic N) is 1. The molecule has 0 unspecified atom stereocenters. The van der Waals surface area contributed by atoms with Crippen molar-refractivity contribution >= 4 is 29.1 Å². The molecule has 1 heterocycles. The Kier molecular flexibility index (Phi) is 2.67. The van der Waals surface area contributed by atoms with Crippen LogP contribution in [0.3, 0.4) is 0 Å². The number of hydrogen-bond donors (Lipinski definition) is 3. The first-order chi connectivity index (χ1) is 10.9. The molecule has 6 nitrogen and oxygen atoms in total. The Labute approximate surface area is 135 Å². The number of Topliss-reactive ketones (excluding diaryl/α,β-unsaturated/α-hetero) is 1. The van der Waals surface area contributed by atoms with Crippen molar-refractivity contribution in [2.24, 2.45) is 0 Å². The van der Waals surface area contributed by atoms with Gasteiger partial charge in [0.25, 0.3) is 5.72 Å². The van der Waals surface area contributed by atoms with Crippen molar-refractivity contribution in [3.05, 3.63) is 64.7 Å². The second kappa shape index (κ2) is 4.32. The molecule has 3 N–H and O–H groups in total. The van der Waals surface area contributed by atoms with Gasteiger partial charge in [0.15, 0.2) is 0 Å². The number of carbonyl (C=O) groups excluding carboxylic acids is 2. The molecular weight excluding hydrogens is 320 g/mol. The van der Waals surface area contributed by atoms with Crippen molar-refractivity contribution in [3.8, 4) is 0 Å². The highest BCUT2D eigenvalue weighted by Gasteiger charge is 2.72. The van der Waals surface area contributed by atoms with Crippen LogP contribution in [0.25, 0.3) is 0 Å². The fourth-order valence-corrected chi connectivity index (χ4v) is 3.42. The number of aliphatic hydroxyl groups is 2. The molecule has 0 spiro atoms. The Balaban J connectivity index is 2.00. The Hall–Kier alpha value is -2.41. The van der Waals surface area contributed by atoms with Crippen LogP contribution in [0.4, 0.5) is 10.5 Å². The predicted molar refractivity (Wildman–Crippen MR) is 82.1 cm³/mol. The van der Waals surface area contributed by atoms with Crippen LogP contribution < -0.4 is 10.2 Å². The number of benzene rings is 2. The van der Waals surface area contributed by atoms with Crippen LogP contribution in [0, 0.1) is 0 Å². The van der Waals surface area contributed by atoms with Gasteiger partial charge in [-0.15, -0.1) is 0 Å². The molecule has 7 heteroatoms. The third kappa shape index (κ3) is 1.55. The summed E-state index contributed by atoms with van der Waals surface area (Å²) in [4.78, 5) is 25.8. The van der Waals surface area contributed by atoms with E-state index in [0.29, 0.717) is 5.02 Å². The van der Waals surface area contributed by atoms with Crippen molar-refractivity contribution < 1.29 is 19.8 Å². The number of nitrogens with one attached hydrogen (secondary N) is 1. The summed E-state index contributed by atoms with van der Waals surface area (Å²) in [6, 6.07) is 11.7. The van der Waals surface area contributed by atoms with E-state index in [2.05, 4.69) is 5.32 Å². The molecule has 2 aromatic rings. The van der Waals surface area contributed by atoms with E-state index in [4.69, 9.17) is 11.6 Å². The lowest BCUT2D eigenvalue weighted by Crippen LogP contribution is -2.59. The molecule has 1 fully saturated rings. The minimum absolute atomic E-state index is 0.157. The number of hydrogen-bond acceptors (Lipinski definition) is 4. The van der Waals surface area contributed by atoms with Crippen LogP contribution in [0.5, 0.6) is 0 Å². The molecule has 2 amide bonds. The molecule has 2 aliphatic rings. The second-order valence-corrected chi connectivity index (χ2v) is 5.94. The van der Waals surface area contributed by atoms with Gasteiger partial charge in [0.2, 0.25) is 11.5 Å². The first-order valence-electron chi connectivity index (χ1n) is 6.86. The molecule has 0 bridgehead atoms. The number of fused-ring (bicyclic) bond motifs is 3. The van der Waals surface area contributed by atoms with Gasteiger partial charge >= 0.3 is 6.03 Å². The number of anilines is 1. The highest BCUT2D eigenvalue weighted by atomic mass is 35.5. The zero-order chi connectivity index (χ0) is 16.4. The van der Waals surface area contributed by atoms with Crippen molar-refractivity contribution in [2.75, 3.05) is 4.90 Å². The van der Waals surface area contributed by atoms with E-state index >= 15 is 0 Å². The van der Waals surface area contributed by atoms with E-state index < -0.39 is 23.3 Å². The van der Waals surface area contributed by atoms with Gasteiger partial charge in [0.1, 0.15) is 0 Å². The molecule has 116 valence electrons. The topological polar surface area (TPSA) is 89.9 Å². The fraction of sp³-hybridized carbons (Fsp3) is 0.125. The van der Waals surface area contributed by atoms with Gasteiger partial charge in [-0.3, -0.25) is 15.0 Å². The number of urea groups is 1. The summed E-state index contributed by atoms with van der Waals surface area (Å²) < 4.78 is 0. The summed E-state index contributed by atoms with van der Waals surface area (Å²) in [5.74, 6) is -0.756. The number of ketones is 1. The van der Waals surface area contributed by atoms with Crippen molar-refractivity contribution in [1.29, 1.82) is 0 Å². The molecule has 1 aliphatic heterocycles. The third-order valence-corrected chi connectivity index (χ3v) is 4.50. The summed E-state index contributed by atoms with van der Waals surface area (Å²) in [6.45, 7) is 0. The largest absolute Gasteiger partial charge is 0.362 e. The molecule has 2 atom stereocenters. The lowest BCUT2D eigenvalue weighted by atomic mass is 9.98. The van der Waals surface area contributed by atoms with Crippen molar-refractivity contribution in [3.63, 3.8) is 0 Å². The van der Waals surface area contributed by atoms with Gasteiger partial charge in [-0.1, -0.05) is 41.9 Å². The van der Waals surface area contributed by atoms with Gasteiger partial charge in [0.05, 0.1) is 5.69 Å². The maximum absolute atomic E-state index is 12.5. The van der Waals surface area contributed by atoms with Crippen LogP contribution in [0.1, 0.15) is 15.9 Å². The SMILES string of the molecule is O=C1N[C@]2(O)C(=O)c3ccccc3[C@@]2(O)N1c1cccc(Cl)c1. The zero-order valence-electron chi connectivity index (χ0n) is 11.7. The smallest absolute Gasteiger partial charge is 0.327 e. The van der Waals surface area contributed by atoms with Crippen LogP contribution in [0.15, 0.2) is 48.5 Å². The van der Waals surface area contributed by atoms with Crippen LogP contribution in [0.2, 0.25) is 5.02 Å². The van der Waals surface area contributed by atoms with Gasteiger partial charge in [-0.25, -0.2) is 4.79 Å². The fourth-order valence-electron chi connectivity index (χ4n) is 3.24. The van der Waals surface area contributed by atoms with E-state index in [0.717, 1.165) is 4.90 Å². The number of carbonyl (C=O) groups is 2. The Bertz CT molecular complexity index is 871. The van der Waals surface area contributed by atoms with E-state index in [-0.39, 0.29) is 16.8 Å². The average Bonchev–Trinajstić information content (AvgIpc) is 2.83. The third-order valence-electron chi connectivity index (χ3n) is 4.26. The summed E-state index contributed by atoms with van der Waals surface area (Å²) in [5.41, 5.74) is -4.12. The maximum Gasteiger partial charge on any atom is 0.327 e. The Morgan fingerprint density at radius 1 is 1.04 bits per heavy atom. The lowest BCUT2D eigenvalue weighted by molar-refractivity contribution is -0.109. The molecule has 23 heavy (non-hydrogen) atoms. The van der Waals surface area contributed by atoms with E-state index in [1.807, 2.05) is 0 Å². The van der Waals surface area contributed by atoms with Gasteiger partial charge in [-0.05, 0) is 18.2 Å². The predicted octanol–water partition coefficient (Wildman–Crippen LogP) is 1.60.